The van der Waals surface area contributed by atoms with Crippen LogP contribution < -0.4 is 5.73 Å². The number of halogens is 2. The van der Waals surface area contributed by atoms with Gasteiger partial charge in [-0.3, -0.25) is 0 Å². The molecule has 1 aliphatic carbocycles. The van der Waals surface area contributed by atoms with Gasteiger partial charge in [0.05, 0.1) is 5.54 Å². The quantitative estimate of drug-likeness (QED) is 0.882. The largest absolute Gasteiger partial charge is 0.334 e. The Labute approximate surface area is 132 Å². The summed E-state index contributed by atoms with van der Waals surface area (Å²) < 4.78 is 6.43. The fourth-order valence-electron chi connectivity index (χ4n) is 2.63. The molecule has 0 atom stereocenters. The summed E-state index contributed by atoms with van der Waals surface area (Å²) in [6.07, 6.45) is 4.14. The van der Waals surface area contributed by atoms with Gasteiger partial charge in [0, 0.05) is 10.0 Å². The maximum absolute atomic E-state index is 6.34. The number of hydrogen-bond acceptors (Lipinski definition) is 4. The molecule has 1 aromatic heterocycles. The minimum Gasteiger partial charge on any atom is -0.334 e. The summed E-state index contributed by atoms with van der Waals surface area (Å²) in [6.45, 7) is 2.03. The molecule has 3 rings (SSSR count). The summed E-state index contributed by atoms with van der Waals surface area (Å²) in [6, 6.07) is 5.99. The lowest BCUT2D eigenvalue weighted by molar-refractivity contribution is 0.372. The first kappa shape index (κ1) is 15.5. The maximum Gasteiger partial charge on any atom is 0.258 e. The van der Waals surface area contributed by atoms with Crippen LogP contribution in [0.1, 0.15) is 37.1 Å². The van der Waals surface area contributed by atoms with Crippen molar-refractivity contribution in [1.82, 2.24) is 10.1 Å². The van der Waals surface area contributed by atoms with E-state index in [1.807, 2.05) is 25.1 Å². The van der Waals surface area contributed by atoms with Gasteiger partial charge in [0.1, 0.15) is 0 Å². The maximum atomic E-state index is 6.34. The highest BCUT2D eigenvalue weighted by Gasteiger charge is 2.36. The molecule has 0 radical (unpaired) electrons. The molecule has 1 aromatic carbocycles. The molecule has 0 aliphatic heterocycles. The van der Waals surface area contributed by atoms with Gasteiger partial charge < -0.3 is 10.3 Å². The smallest absolute Gasteiger partial charge is 0.258 e. The van der Waals surface area contributed by atoms with Crippen molar-refractivity contribution >= 4 is 28.3 Å². The van der Waals surface area contributed by atoms with Gasteiger partial charge in [0.2, 0.25) is 0 Å². The molecule has 108 valence electrons. The zero-order valence-electron chi connectivity index (χ0n) is 11.2. The molecule has 4 nitrogen and oxygen atoms in total. The zero-order chi connectivity index (χ0) is 13.5. The number of rotatable bonds is 2. The SMILES string of the molecule is Cc1cc(Br)ccc1-c1nc(C2(N)CCCC2)no1.Cl. The number of hydrogen-bond donors (Lipinski definition) is 1. The molecule has 0 saturated heterocycles. The molecule has 1 aliphatic rings. The average molecular weight is 359 g/mol. The van der Waals surface area contributed by atoms with Gasteiger partial charge >= 0.3 is 0 Å². The molecule has 0 bridgehead atoms. The highest BCUT2D eigenvalue weighted by Crippen LogP contribution is 2.35. The molecule has 2 N–H and O–H groups in total. The van der Waals surface area contributed by atoms with E-state index in [1.54, 1.807) is 0 Å². The van der Waals surface area contributed by atoms with Gasteiger partial charge in [-0.2, -0.15) is 4.98 Å². The summed E-state index contributed by atoms with van der Waals surface area (Å²) in [5, 5.41) is 4.09. The minimum atomic E-state index is -0.398. The van der Waals surface area contributed by atoms with Gasteiger partial charge in [-0.25, -0.2) is 0 Å². The third-order valence-corrected chi connectivity index (χ3v) is 4.28. The van der Waals surface area contributed by atoms with Crippen molar-refractivity contribution in [1.29, 1.82) is 0 Å². The third-order valence-electron chi connectivity index (χ3n) is 3.79. The minimum absolute atomic E-state index is 0. The van der Waals surface area contributed by atoms with E-state index >= 15 is 0 Å². The van der Waals surface area contributed by atoms with Crippen LogP contribution in [0.4, 0.5) is 0 Å². The summed E-state index contributed by atoms with van der Waals surface area (Å²) >= 11 is 3.45. The van der Waals surface area contributed by atoms with Gasteiger partial charge in [-0.15, -0.1) is 12.4 Å². The molecule has 1 fully saturated rings. The number of nitrogens with two attached hydrogens (primary N) is 1. The highest BCUT2D eigenvalue weighted by molar-refractivity contribution is 9.10. The van der Waals surface area contributed by atoms with Gasteiger partial charge in [0.15, 0.2) is 5.82 Å². The van der Waals surface area contributed by atoms with Crippen LogP contribution in [0.15, 0.2) is 27.2 Å². The van der Waals surface area contributed by atoms with E-state index in [-0.39, 0.29) is 12.4 Å². The van der Waals surface area contributed by atoms with E-state index in [0.29, 0.717) is 11.7 Å². The van der Waals surface area contributed by atoms with E-state index in [1.165, 1.54) is 0 Å². The lowest BCUT2D eigenvalue weighted by atomic mass is 9.98. The Morgan fingerprint density at radius 2 is 2.00 bits per heavy atom. The predicted molar refractivity (Wildman–Crippen MR) is 83.8 cm³/mol. The molecule has 20 heavy (non-hydrogen) atoms. The summed E-state index contributed by atoms with van der Waals surface area (Å²) in [7, 11) is 0. The molecule has 0 unspecified atom stereocenters. The molecular formula is C14H17BrClN3O. The topological polar surface area (TPSA) is 64.9 Å². The Morgan fingerprint density at radius 1 is 1.30 bits per heavy atom. The Hall–Kier alpha value is -0.910. The van der Waals surface area contributed by atoms with Crippen LogP contribution in [-0.2, 0) is 5.54 Å². The number of benzene rings is 1. The second kappa shape index (κ2) is 5.84. The molecule has 1 saturated carbocycles. The molecule has 2 aromatic rings. The summed E-state index contributed by atoms with van der Waals surface area (Å²) in [5.41, 5.74) is 8.00. The first-order chi connectivity index (χ1) is 9.08. The van der Waals surface area contributed by atoms with Gasteiger partial charge in [-0.05, 0) is 43.5 Å². The van der Waals surface area contributed by atoms with Crippen LogP contribution in [0.2, 0.25) is 0 Å². The molecular weight excluding hydrogens is 342 g/mol. The van der Waals surface area contributed by atoms with E-state index in [0.717, 1.165) is 41.3 Å². The fourth-order valence-corrected chi connectivity index (χ4v) is 3.11. The lowest BCUT2D eigenvalue weighted by Gasteiger charge is -2.17. The highest BCUT2D eigenvalue weighted by atomic mass is 79.9. The molecule has 1 heterocycles. The van der Waals surface area contributed by atoms with Crippen LogP contribution >= 0.6 is 28.3 Å². The summed E-state index contributed by atoms with van der Waals surface area (Å²) in [4.78, 5) is 4.51. The standard InChI is InChI=1S/C14H16BrN3O.ClH/c1-9-8-10(15)4-5-11(9)12-17-13(18-19-12)14(16)6-2-3-7-14;/h4-5,8H,2-3,6-7,16H2,1H3;1H. The second-order valence-electron chi connectivity index (χ2n) is 5.25. The average Bonchev–Trinajstić information content (AvgIpc) is 2.99. The number of aromatic nitrogens is 2. The van der Waals surface area contributed by atoms with Crippen LogP contribution in [0, 0.1) is 6.92 Å². The monoisotopic (exact) mass is 357 g/mol. The van der Waals surface area contributed by atoms with Gasteiger partial charge in [-0.1, -0.05) is 33.9 Å². The van der Waals surface area contributed by atoms with Crippen LogP contribution in [0.3, 0.4) is 0 Å². The van der Waals surface area contributed by atoms with E-state index in [2.05, 4.69) is 26.1 Å². The number of aryl methyl sites for hydroxylation is 1. The van der Waals surface area contributed by atoms with Crippen LogP contribution in [0.5, 0.6) is 0 Å². The molecule has 0 spiro atoms. The first-order valence-electron chi connectivity index (χ1n) is 6.48. The van der Waals surface area contributed by atoms with Gasteiger partial charge in [0.25, 0.3) is 5.89 Å². The zero-order valence-corrected chi connectivity index (χ0v) is 13.6. The predicted octanol–water partition coefficient (Wildman–Crippen LogP) is 3.96. The second-order valence-corrected chi connectivity index (χ2v) is 6.16. The van der Waals surface area contributed by atoms with Crippen molar-refractivity contribution in [2.45, 2.75) is 38.1 Å². The number of nitrogens with zero attached hydrogens (tertiary/aromatic N) is 2. The van der Waals surface area contributed by atoms with Crippen molar-refractivity contribution in [2.75, 3.05) is 0 Å². The lowest BCUT2D eigenvalue weighted by Crippen LogP contribution is -2.34. The summed E-state index contributed by atoms with van der Waals surface area (Å²) in [5.74, 6) is 1.19. The first-order valence-corrected chi connectivity index (χ1v) is 7.27. The Kier molecular flexibility index (Phi) is 4.52. The van der Waals surface area contributed by atoms with Crippen molar-refractivity contribution in [3.63, 3.8) is 0 Å². The van der Waals surface area contributed by atoms with E-state index < -0.39 is 5.54 Å². The van der Waals surface area contributed by atoms with E-state index in [4.69, 9.17) is 10.3 Å². The van der Waals surface area contributed by atoms with Crippen molar-refractivity contribution in [3.8, 4) is 11.5 Å². The van der Waals surface area contributed by atoms with Crippen molar-refractivity contribution < 1.29 is 4.52 Å². The van der Waals surface area contributed by atoms with Crippen LogP contribution in [0.25, 0.3) is 11.5 Å². The van der Waals surface area contributed by atoms with E-state index in [9.17, 15) is 0 Å². The Morgan fingerprint density at radius 3 is 2.65 bits per heavy atom. The molecule has 6 heteroatoms. The fraction of sp³-hybridized carbons (Fsp3) is 0.429. The Bertz CT molecular complexity index is 608. The van der Waals surface area contributed by atoms with Crippen LogP contribution in [-0.4, -0.2) is 10.1 Å². The van der Waals surface area contributed by atoms with Crippen molar-refractivity contribution in [3.05, 3.63) is 34.1 Å². The normalized spacial score (nSPS) is 16.9. The third kappa shape index (κ3) is 2.75. The van der Waals surface area contributed by atoms with Crippen molar-refractivity contribution in [2.24, 2.45) is 5.73 Å². The Balaban J connectivity index is 0.00000147. The molecule has 0 amide bonds.